The number of hydrogen-bond donors (Lipinski definition) is 0. The molecular formula is C13H20O4. The van der Waals surface area contributed by atoms with Gasteiger partial charge in [-0.1, -0.05) is 13.8 Å². The van der Waals surface area contributed by atoms with Crippen LogP contribution in [0.25, 0.3) is 0 Å². The number of ketones is 1. The molecule has 0 aromatic rings. The van der Waals surface area contributed by atoms with Crippen LogP contribution in [0.15, 0.2) is 0 Å². The maximum Gasteiger partial charge on any atom is 0.181 e. The van der Waals surface area contributed by atoms with Crippen LogP contribution in [0.4, 0.5) is 0 Å². The van der Waals surface area contributed by atoms with E-state index in [4.69, 9.17) is 9.47 Å². The molecule has 0 aromatic heterocycles. The Balaban J connectivity index is 2.61. The highest BCUT2D eigenvalue weighted by Gasteiger charge is 2.76. The number of Topliss-reactive ketones (excluding diaryl/α,β-unsaturated/α-hetero) is 1. The largest absolute Gasteiger partial charge is 0.352 e. The van der Waals surface area contributed by atoms with Gasteiger partial charge in [0.2, 0.25) is 0 Å². The minimum atomic E-state index is -0.933. The van der Waals surface area contributed by atoms with Gasteiger partial charge in [0, 0.05) is 33.5 Å². The molecule has 0 saturated heterocycles. The van der Waals surface area contributed by atoms with Gasteiger partial charge in [-0.3, -0.25) is 4.79 Å². The third-order valence-electron chi connectivity index (χ3n) is 5.24. The van der Waals surface area contributed by atoms with Crippen molar-refractivity contribution in [3.8, 4) is 0 Å². The molecule has 0 spiro atoms. The lowest BCUT2D eigenvalue weighted by Crippen LogP contribution is -2.56. The van der Waals surface area contributed by atoms with Crippen molar-refractivity contribution >= 4 is 12.1 Å². The Morgan fingerprint density at radius 2 is 1.94 bits per heavy atom. The van der Waals surface area contributed by atoms with E-state index in [0.717, 1.165) is 6.29 Å². The van der Waals surface area contributed by atoms with Crippen LogP contribution in [-0.2, 0) is 19.1 Å². The fourth-order valence-corrected chi connectivity index (χ4v) is 4.15. The minimum Gasteiger partial charge on any atom is -0.352 e. The number of carbonyl (C=O) groups is 2. The highest BCUT2D eigenvalue weighted by atomic mass is 16.7. The second-order valence-corrected chi connectivity index (χ2v) is 5.69. The Labute approximate surface area is 102 Å². The fraction of sp³-hybridized carbons (Fsp3) is 0.846. The summed E-state index contributed by atoms with van der Waals surface area (Å²) in [5.41, 5.74) is -1.08. The van der Waals surface area contributed by atoms with Gasteiger partial charge in [-0.25, -0.2) is 0 Å². The first kappa shape index (κ1) is 12.7. The summed E-state index contributed by atoms with van der Waals surface area (Å²) in [4.78, 5) is 23.4. The second kappa shape index (κ2) is 3.62. The molecule has 2 unspecified atom stereocenters. The highest BCUT2D eigenvalue weighted by molar-refractivity contribution is 5.93. The zero-order chi connectivity index (χ0) is 12.9. The molecule has 2 aliphatic carbocycles. The lowest BCUT2D eigenvalue weighted by Gasteiger charge is -2.46. The van der Waals surface area contributed by atoms with Crippen LogP contribution in [0.2, 0.25) is 0 Å². The molecule has 2 aliphatic rings. The van der Waals surface area contributed by atoms with Crippen molar-refractivity contribution in [2.24, 2.45) is 16.7 Å². The zero-order valence-electron chi connectivity index (χ0n) is 10.9. The molecule has 4 heteroatoms. The van der Waals surface area contributed by atoms with Crippen LogP contribution in [0.1, 0.15) is 33.1 Å². The standard InChI is InChI=1S/C13H20O4/c1-11(2)9-7-10(15)12(11,5-6-14)13(8-9,16-3)17-4/h6,9H,5,7-8H2,1-4H3. The predicted molar refractivity (Wildman–Crippen MR) is 61.4 cm³/mol. The van der Waals surface area contributed by atoms with Gasteiger partial charge in [0.25, 0.3) is 0 Å². The normalized spacial score (nSPS) is 37.4. The van der Waals surface area contributed by atoms with Crippen LogP contribution in [0.5, 0.6) is 0 Å². The molecule has 0 amide bonds. The average Bonchev–Trinajstić information content (AvgIpc) is 2.59. The van der Waals surface area contributed by atoms with Crippen molar-refractivity contribution in [2.75, 3.05) is 14.2 Å². The molecule has 0 heterocycles. The van der Waals surface area contributed by atoms with Crippen LogP contribution in [0, 0.1) is 16.7 Å². The number of ether oxygens (including phenoxy) is 2. The maximum atomic E-state index is 12.4. The van der Waals surface area contributed by atoms with Gasteiger partial charge < -0.3 is 14.3 Å². The minimum absolute atomic E-state index is 0.106. The number of carbonyl (C=O) groups excluding carboxylic acids is 2. The Bertz CT molecular complexity index is 356. The van der Waals surface area contributed by atoms with Crippen LogP contribution in [-0.4, -0.2) is 32.1 Å². The first-order valence-electron chi connectivity index (χ1n) is 5.99. The Hall–Kier alpha value is -0.740. The van der Waals surface area contributed by atoms with Crippen LogP contribution < -0.4 is 0 Å². The number of methoxy groups -OCH3 is 2. The summed E-state index contributed by atoms with van der Waals surface area (Å²) >= 11 is 0. The summed E-state index contributed by atoms with van der Waals surface area (Å²) < 4.78 is 11.1. The molecule has 2 bridgehead atoms. The quantitative estimate of drug-likeness (QED) is 0.553. The summed E-state index contributed by atoms with van der Waals surface area (Å²) in [7, 11) is 3.11. The molecule has 2 saturated carbocycles. The molecule has 0 radical (unpaired) electrons. The number of hydrogen-bond acceptors (Lipinski definition) is 4. The van der Waals surface area contributed by atoms with E-state index in [0.29, 0.717) is 12.8 Å². The van der Waals surface area contributed by atoms with Crippen LogP contribution >= 0.6 is 0 Å². The third-order valence-corrected chi connectivity index (χ3v) is 5.24. The van der Waals surface area contributed by atoms with Crippen molar-refractivity contribution in [3.05, 3.63) is 0 Å². The summed E-state index contributed by atoms with van der Waals surface area (Å²) in [5, 5.41) is 0. The van der Waals surface area contributed by atoms with E-state index in [-0.39, 0.29) is 23.5 Å². The topological polar surface area (TPSA) is 52.6 Å². The molecule has 17 heavy (non-hydrogen) atoms. The lowest BCUT2D eigenvalue weighted by atomic mass is 9.64. The monoisotopic (exact) mass is 240 g/mol. The van der Waals surface area contributed by atoms with Gasteiger partial charge in [-0.05, 0) is 11.3 Å². The summed E-state index contributed by atoms with van der Waals surface area (Å²) in [6, 6.07) is 0. The predicted octanol–water partition coefficient (Wildman–Crippen LogP) is 1.57. The summed E-state index contributed by atoms with van der Waals surface area (Å²) in [6.45, 7) is 4.09. The van der Waals surface area contributed by atoms with E-state index in [2.05, 4.69) is 0 Å². The molecule has 2 rings (SSSR count). The SMILES string of the molecule is COC1(OC)CC2CC(=O)C1(CC=O)C2(C)C. The number of rotatable bonds is 4. The molecule has 2 fully saturated rings. The first-order valence-corrected chi connectivity index (χ1v) is 5.99. The molecule has 0 aliphatic heterocycles. The maximum absolute atomic E-state index is 12.4. The Morgan fingerprint density at radius 1 is 1.35 bits per heavy atom. The number of aldehydes is 1. The summed E-state index contributed by atoms with van der Waals surface area (Å²) in [5.74, 6) is -0.596. The van der Waals surface area contributed by atoms with Crippen molar-refractivity contribution in [2.45, 2.75) is 38.9 Å². The van der Waals surface area contributed by atoms with Crippen LogP contribution in [0.3, 0.4) is 0 Å². The average molecular weight is 240 g/mol. The molecule has 2 atom stereocenters. The lowest BCUT2D eigenvalue weighted by molar-refractivity contribution is -0.269. The second-order valence-electron chi connectivity index (χ2n) is 5.69. The zero-order valence-corrected chi connectivity index (χ0v) is 10.9. The van der Waals surface area contributed by atoms with E-state index < -0.39 is 11.2 Å². The van der Waals surface area contributed by atoms with Crippen molar-refractivity contribution < 1.29 is 19.1 Å². The third kappa shape index (κ3) is 1.15. The van der Waals surface area contributed by atoms with Crippen molar-refractivity contribution in [1.29, 1.82) is 0 Å². The van der Waals surface area contributed by atoms with Gasteiger partial charge in [0.05, 0.1) is 5.41 Å². The molecule has 96 valence electrons. The first-order chi connectivity index (χ1) is 7.91. The fourth-order valence-electron chi connectivity index (χ4n) is 4.15. The molecule has 0 aromatic carbocycles. The van der Waals surface area contributed by atoms with Gasteiger partial charge >= 0.3 is 0 Å². The van der Waals surface area contributed by atoms with E-state index in [1.54, 1.807) is 14.2 Å². The highest BCUT2D eigenvalue weighted by Crippen LogP contribution is 2.70. The molecule has 4 nitrogen and oxygen atoms in total. The van der Waals surface area contributed by atoms with Gasteiger partial charge in [0.1, 0.15) is 12.1 Å². The van der Waals surface area contributed by atoms with Gasteiger partial charge in [-0.15, -0.1) is 0 Å². The number of fused-ring (bicyclic) bond motifs is 2. The Morgan fingerprint density at radius 3 is 2.35 bits per heavy atom. The van der Waals surface area contributed by atoms with E-state index in [9.17, 15) is 9.59 Å². The van der Waals surface area contributed by atoms with E-state index >= 15 is 0 Å². The van der Waals surface area contributed by atoms with Crippen molar-refractivity contribution in [3.63, 3.8) is 0 Å². The van der Waals surface area contributed by atoms with E-state index in [1.807, 2.05) is 13.8 Å². The Kier molecular flexibility index (Phi) is 2.71. The van der Waals surface area contributed by atoms with Gasteiger partial charge in [-0.2, -0.15) is 0 Å². The molecular weight excluding hydrogens is 220 g/mol. The van der Waals surface area contributed by atoms with E-state index in [1.165, 1.54) is 0 Å². The smallest absolute Gasteiger partial charge is 0.181 e. The molecule has 0 N–H and O–H groups in total. The van der Waals surface area contributed by atoms with Gasteiger partial charge in [0.15, 0.2) is 5.79 Å². The van der Waals surface area contributed by atoms with Crippen molar-refractivity contribution in [1.82, 2.24) is 0 Å². The summed E-state index contributed by atoms with van der Waals surface area (Å²) in [6.07, 6.45) is 2.22.